The molecular weight excluding hydrogens is 404 g/mol. The number of carbonyl (C=O) groups excluding carboxylic acids is 1. The van der Waals surface area contributed by atoms with Crippen molar-refractivity contribution in [2.24, 2.45) is 5.92 Å². The zero-order chi connectivity index (χ0) is 22.8. The van der Waals surface area contributed by atoms with Crippen molar-refractivity contribution in [3.63, 3.8) is 0 Å². The Labute approximate surface area is 187 Å². The number of aryl methyl sites for hydroxylation is 1. The number of methoxy groups -OCH3 is 1. The molecule has 1 amide bonds. The number of amides is 1. The average molecular weight is 435 g/mol. The summed E-state index contributed by atoms with van der Waals surface area (Å²) in [4.78, 5) is 26.2. The monoisotopic (exact) mass is 434 g/mol. The number of benzene rings is 2. The molecule has 0 saturated heterocycles. The van der Waals surface area contributed by atoms with Crippen LogP contribution in [0.25, 0.3) is 22.0 Å². The van der Waals surface area contributed by atoms with E-state index < -0.39 is 11.5 Å². The van der Waals surface area contributed by atoms with Crippen LogP contribution in [0.5, 0.6) is 11.5 Å². The van der Waals surface area contributed by atoms with Gasteiger partial charge in [-0.1, -0.05) is 25.1 Å². The molecule has 0 radical (unpaired) electrons. The van der Waals surface area contributed by atoms with Crippen LogP contribution in [-0.4, -0.2) is 28.7 Å². The molecule has 0 bridgehead atoms. The van der Waals surface area contributed by atoms with Crippen molar-refractivity contribution >= 4 is 16.8 Å². The van der Waals surface area contributed by atoms with Crippen LogP contribution in [0.4, 0.5) is 0 Å². The number of hydrogen-bond donors (Lipinski definition) is 2. The van der Waals surface area contributed by atoms with Crippen LogP contribution in [0.2, 0.25) is 0 Å². The molecule has 1 heterocycles. The Kier molecular flexibility index (Phi) is 6.21. The fraction of sp³-hybridized carbons (Fsp3) is 0.385. The van der Waals surface area contributed by atoms with Crippen LogP contribution in [0.15, 0.2) is 47.3 Å². The summed E-state index contributed by atoms with van der Waals surface area (Å²) in [6.07, 6.45) is 3.90. The second kappa shape index (κ2) is 9.07. The van der Waals surface area contributed by atoms with Crippen molar-refractivity contribution in [3.05, 3.63) is 58.4 Å². The van der Waals surface area contributed by atoms with E-state index in [0.29, 0.717) is 23.4 Å². The highest BCUT2D eigenvalue weighted by atomic mass is 16.5. The first-order valence-corrected chi connectivity index (χ1v) is 11.3. The molecule has 168 valence electrons. The average Bonchev–Trinajstić information content (AvgIpc) is 2.81. The van der Waals surface area contributed by atoms with Crippen molar-refractivity contribution in [1.82, 2.24) is 9.88 Å². The van der Waals surface area contributed by atoms with Gasteiger partial charge in [0.25, 0.3) is 11.5 Å². The Balaban J connectivity index is 1.77. The number of aromatic nitrogens is 1. The number of ether oxygens (including phenoxy) is 1. The lowest BCUT2D eigenvalue weighted by Crippen LogP contribution is -2.40. The predicted molar refractivity (Wildman–Crippen MR) is 126 cm³/mol. The van der Waals surface area contributed by atoms with E-state index in [4.69, 9.17) is 4.74 Å². The van der Waals surface area contributed by atoms with Gasteiger partial charge in [0.15, 0.2) is 0 Å². The van der Waals surface area contributed by atoms with Crippen LogP contribution in [0.1, 0.15) is 49.9 Å². The summed E-state index contributed by atoms with van der Waals surface area (Å²) in [5.41, 5.74) is 1.80. The van der Waals surface area contributed by atoms with E-state index >= 15 is 0 Å². The third-order valence-corrected chi connectivity index (χ3v) is 6.56. The molecule has 1 aromatic heterocycles. The number of rotatable bonds is 5. The molecule has 1 fully saturated rings. The van der Waals surface area contributed by atoms with Gasteiger partial charge in [-0.15, -0.1) is 0 Å². The lowest BCUT2D eigenvalue weighted by Gasteiger charge is -2.27. The maximum absolute atomic E-state index is 13.1. The number of pyridine rings is 1. The predicted octanol–water partition coefficient (Wildman–Crippen LogP) is 4.71. The fourth-order valence-corrected chi connectivity index (χ4v) is 4.59. The van der Waals surface area contributed by atoms with Gasteiger partial charge in [-0.25, -0.2) is 0 Å². The molecule has 1 aliphatic rings. The lowest BCUT2D eigenvalue weighted by atomic mass is 9.87. The maximum atomic E-state index is 13.1. The lowest BCUT2D eigenvalue weighted by molar-refractivity contribution is 0.0918. The van der Waals surface area contributed by atoms with Crippen molar-refractivity contribution in [3.8, 4) is 22.6 Å². The van der Waals surface area contributed by atoms with Crippen LogP contribution in [0.3, 0.4) is 0 Å². The third-order valence-electron chi connectivity index (χ3n) is 6.56. The molecule has 1 aliphatic carbocycles. The number of aromatic hydroxyl groups is 1. The van der Waals surface area contributed by atoms with Gasteiger partial charge in [0.1, 0.15) is 17.1 Å². The van der Waals surface area contributed by atoms with Crippen molar-refractivity contribution in [2.75, 3.05) is 7.11 Å². The summed E-state index contributed by atoms with van der Waals surface area (Å²) in [6.45, 7) is 4.48. The fourth-order valence-electron chi connectivity index (χ4n) is 4.59. The van der Waals surface area contributed by atoms with Gasteiger partial charge in [0.2, 0.25) is 0 Å². The zero-order valence-electron chi connectivity index (χ0n) is 18.9. The molecule has 32 heavy (non-hydrogen) atoms. The largest absolute Gasteiger partial charge is 0.506 e. The first-order valence-electron chi connectivity index (χ1n) is 11.3. The van der Waals surface area contributed by atoms with Crippen LogP contribution in [0, 0.1) is 5.92 Å². The highest BCUT2D eigenvalue weighted by Gasteiger charge is 2.26. The van der Waals surface area contributed by atoms with Crippen LogP contribution in [-0.2, 0) is 6.54 Å². The normalized spacial score (nSPS) is 18.5. The molecule has 6 nitrogen and oxygen atoms in total. The van der Waals surface area contributed by atoms with Crippen molar-refractivity contribution in [1.29, 1.82) is 0 Å². The minimum atomic E-state index is -0.494. The van der Waals surface area contributed by atoms with Gasteiger partial charge in [-0.05, 0) is 73.9 Å². The second-order valence-corrected chi connectivity index (χ2v) is 8.66. The van der Waals surface area contributed by atoms with E-state index in [1.807, 2.05) is 49.4 Å². The number of nitrogens with zero attached hydrogens (tertiary/aromatic N) is 1. The standard InChI is InChI=1S/C26H30N2O4/c1-4-28-22-14-9-18(17-7-12-20(32-3)13-8-17)15-21(22)24(29)23(26(28)31)25(30)27-19-10-5-16(2)6-11-19/h7-9,12-16,19,29H,4-6,10-11H2,1-3H3,(H,27,30)/t16-,19+. The Morgan fingerprint density at radius 2 is 1.75 bits per heavy atom. The van der Waals surface area contributed by atoms with E-state index in [1.165, 1.54) is 0 Å². The summed E-state index contributed by atoms with van der Waals surface area (Å²) in [5.74, 6) is 0.664. The minimum Gasteiger partial charge on any atom is -0.506 e. The van der Waals surface area contributed by atoms with E-state index in [-0.39, 0.29) is 17.4 Å². The number of fused-ring (bicyclic) bond motifs is 1. The van der Waals surface area contributed by atoms with E-state index in [1.54, 1.807) is 11.7 Å². The van der Waals surface area contributed by atoms with Gasteiger partial charge in [-0.2, -0.15) is 0 Å². The molecule has 0 unspecified atom stereocenters. The van der Waals surface area contributed by atoms with Gasteiger partial charge in [0.05, 0.1) is 12.6 Å². The molecule has 0 spiro atoms. The SMILES string of the molecule is CCn1c(=O)c(C(=O)N[C@H]2CC[C@@H](C)CC2)c(O)c2cc(-c3ccc(OC)cc3)ccc21. The third kappa shape index (κ3) is 4.09. The van der Waals surface area contributed by atoms with Gasteiger partial charge in [0, 0.05) is 18.0 Å². The minimum absolute atomic E-state index is 0.0360. The van der Waals surface area contributed by atoms with Crippen molar-refractivity contribution in [2.45, 2.75) is 52.1 Å². The number of nitrogens with one attached hydrogen (secondary N) is 1. The number of carbonyl (C=O) groups is 1. The van der Waals surface area contributed by atoms with Crippen LogP contribution >= 0.6 is 0 Å². The Hall–Kier alpha value is -3.28. The van der Waals surface area contributed by atoms with Gasteiger partial charge < -0.3 is 19.7 Å². The molecule has 3 aromatic rings. The molecule has 0 atom stereocenters. The van der Waals surface area contributed by atoms with Gasteiger partial charge in [-0.3, -0.25) is 9.59 Å². The Bertz CT molecular complexity index is 1190. The van der Waals surface area contributed by atoms with Crippen molar-refractivity contribution < 1.29 is 14.6 Å². The Morgan fingerprint density at radius 1 is 1.09 bits per heavy atom. The van der Waals surface area contributed by atoms with Crippen LogP contribution < -0.4 is 15.6 Å². The summed E-state index contributed by atoms with van der Waals surface area (Å²) in [5, 5.41) is 14.5. The molecule has 0 aliphatic heterocycles. The molecular formula is C26H30N2O4. The molecule has 2 aromatic carbocycles. The smallest absolute Gasteiger partial charge is 0.267 e. The summed E-state index contributed by atoms with van der Waals surface area (Å²) in [6, 6.07) is 13.2. The van der Waals surface area contributed by atoms with E-state index in [2.05, 4.69) is 12.2 Å². The van der Waals surface area contributed by atoms with E-state index in [0.717, 1.165) is 42.6 Å². The highest BCUT2D eigenvalue weighted by Crippen LogP contribution is 2.32. The molecule has 1 saturated carbocycles. The topological polar surface area (TPSA) is 80.6 Å². The zero-order valence-corrected chi connectivity index (χ0v) is 18.9. The summed E-state index contributed by atoms with van der Waals surface area (Å²) < 4.78 is 6.77. The van der Waals surface area contributed by atoms with Gasteiger partial charge >= 0.3 is 0 Å². The summed E-state index contributed by atoms with van der Waals surface area (Å²) >= 11 is 0. The van der Waals surface area contributed by atoms with E-state index in [9.17, 15) is 14.7 Å². The molecule has 6 heteroatoms. The molecule has 2 N–H and O–H groups in total. The quantitative estimate of drug-likeness (QED) is 0.609. The summed E-state index contributed by atoms with van der Waals surface area (Å²) in [7, 11) is 1.62. The molecule has 4 rings (SSSR count). The first-order chi connectivity index (χ1) is 15.4. The number of hydrogen-bond acceptors (Lipinski definition) is 4. The maximum Gasteiger partial charge on any atom is 0.267 e. The Morgan fingerprint density at radius 3 is 2.38 bits per heavy atom. The second-order valence-electron chi connectivity index (χ2n) is 8.66. The highest BCUT2D eigenvalue weighted by molar-refractivity contribution is 6.03. The first kappa shape index (κ1) is 21.9.